The van der Waals surface area contributed by atoms with Crippen LogP contribution in [0.1, 0.15) is 5.56 Å². The molecule has 0 aliphatic heterocycles. The largest absolute Gasteiger partial charge is 0.428 e. The Morgan fingerprint density at radius 2 is 1.80 bits per heavy atom. The summed E-state index contributed by atoms with van der Waals surface area (Å²) in [4.78, 5) is 0. The minimum absolute atomic E-state index is 0.269. The van der Waals surface area contributed by atoms with Gasteiger partial charge in [0.2, 0.25) is 0 Å². The zero-order valence-corrected chi connectivity index (χ0v) is 6.64. The summed E-state index contributed by atoms with van der Waals surface area (Å²) in [7, 11) is 0. The Labute approximate surface area is 69.5 Å². The molecule has 0 amide bonds. The summed E-state index contributed by atoms with van der Waals surface area (Å²) in [5, 5.41) is 0. The summed E-state index contributed by atoms with van der Waals surface area (Å²) < 4.78 is 12.6. The number of benzene rings is 1. The van der Waals surface area contributed by atoms with Gasteiger partial charge in [-0.3, -0.25) is 0 Å². The zero-order valence-electron chi connectivity index (χ0n) is 5.00. The van der Waals surface area contributed by atoms with Crippen LogP contribution in [-0.4, -0.2) is 4.20 Å². The first-order valence-corrected chi connectivity index (χ1v) is 3.49. The predicted molar refractivity (Wildman–Crippen MR) is 45.5 cm³/mol. The molecule has 1 rings (SSSR count). The van der Waals surface area contributed by atoms with Crippen LogP contribution in [0.25, 0.3) is 0 Å². The Morgan fingerprint density at radius 1 is 1.30 bits per heavy atom. The summed E-state index contributed by atoms with van der Waals surface area (Å²) in [6, 6.07) is 5.83. The molecule has 0 aromatic heterocycles. The van der Waals surface area contributed by atoms with Crippen molar-refractivity contribution in [2.45, 2.75) is 0 Å². The van der Waals surface area contributed by atoms with Crippen LogP contribution in [0.5, 0.6) is 0 Å². The molecule has 10 heavy (non-hydrogen) atoms. The zero-order chi connectivity index (χ0) is 7.56. The van der Waals surface area contributed by atoms with E-state index >= 15 is 0 Å². The molecule has 0 saturated heterocycles. The minimum atomic E-state index is -0.269. The maximum Gasteiger partial charge on any atom is 0.123 e. The molecule has 0 aliphatic carbocycles. The van der Waals surface area contributed by atoms with E-state index in [1.807, 2.05) is 0 Å². The second kappa shape index (κ2) is 3.03. The highest BCUT2D eigenvalue weighted by atomic mass is 32.1. The molecule has 0 unspecified atom stereocenters. The van der Waals surface area contributed by atoms with Gasteiger partial charge in [0.25, 0.3) is 0 Å². The molecule has 0 fully saturated rings. The van der Waals surface area contributed by atoms with E-state index < -0.39 is 0 Å². The van der Waals surface area contributed by atoms with E-state index in [9.17, 15) is 4.39 Å². The van der Waals surface area contributed by atoms with Gasteiger partial charge in [0.15, 0.2) is 0 Å². The second-order valence-electron chi connectivity index (χ2n) is 1.79. The van der Waals surface area contributed by atoms with Crippen LogP contribution in [0, 0.1) is 5.82 Å². The van der Waals surface area contributed by atoms with Crippen molar-refractivity contribution in [1.29, 1.82) is 0 Å². The minimum Gasteiger partial charge on any atom is -0.428 e. The van der Waals surface area contributed by atoms with Gasteiger partial charge in [0.05, 0.1) is 0 Å². The normalized spacial score (nSPS) is 9.30. The van der Waals surface area contributed by atoms with Gasteiger partial charge in [-0.25, -0.2) is 4.39 Å². The third-order valence-corrected chi connectivity index (χ3v) is 1.55. The fourth-order valence-corrected chi connectivity index (χ4v) is 0.858. The number of hydrogen-bond acceptors (Lipinski definition) is 2. The van der Waals surface area contributed by atoms with Crippen LogP contribution in [-0.2, 0) is 12.6 Å². The van der Waals surface area contributed by atoms with Gasteiger partial charge >= 0.3 is 0 Å². The Bertz CT molecular complexity index is 240. The molecule has 1 aromatic rings. The molecule has 0 nitrogen and oxygen atoms in total. The van der Waals surface area contributed by atoms with E-state index in [-0.39, 0.29) is 5.82 Å². The average Bonchev–Trinajstić information content (AvgIpc) is 1.88. The van der Waals surface area contributed by atoms with Crippen molar-refractivity contribution in [2.24, 2.45) is 0 Å². The third kappa shape index (κ3) is 1.72. The van der Waals surface area contributed by atoms with Gasteiger partial charge in [-0.15, -0.1) is 4.20 Å². The van der Waals surface area contributed by atoms with Crippen LogP contribution in [0.15, 0.2) is 24.3 Å². The Hall–Kier alpha value is -0.540. The summed E-state index contributed by atoms with van der Waals surface area (Å²) in [5.41, 5.74) is 0.728. The van der Waals surface area contributed by atoms with Crippen LogP contribution < -0.4 is 0 Å². The molecule has 1 aromatic carbocycles. The Morgan fingerprint density at radius 3 is 2.20 bits per heavy atom. The quantitative estimate of drug-likeness (QED) is 0.468. The van der Waals surface area contributed by atoms with E-state index in [0.29, 0.717) is 4.20 Å². The molecule has 0 aliphatic rings. The summed E-state index contributed by atoms with van der Waals surface area (Å²) >= 11 is 9.40. The first-order chi connectivity index (χ1) is 4.70. The average molecular weight is 171 g/mol. The van der Waals surface area contributed by atoms with Crippen molar-refractivity contribution >= 4 is 29.0 Å². The van der Waals surface area contributed by atoms with E-state index in [0.717, 1.165) is 5.56 Å². The lowest BCUT2D eigenvalue weighted by molar-refractivity contribution is 0.628. The van der Waals surface area contributed by atoms with Crippen LogP contribution in [0.2, 0.25) is 0 Å². The van der Waals surface area contributed by atoms with Gasteiger partial charge in [-0.05, 0) is 17.7 Å². The second-order valence-corrected chi connectivity index (χ2v) is 2.87. The highest BCUT2D eigenvalue weighted by molar-refractivity contribution is 8.01. The van der Waals surface area contributed by atoms with Crippen molar-refractivity contribution in [3.63, 3.8) is 0 Å². The highest BCUT2D eigenvalue weighted by Crippen LogP contribution is 2.02. The fourth-order valence-electron chi connectivity index (χ4n) is 0.586. The Balaban J connectivity index is 3.00. The lowest BCUT2D eigenvalue weighted by atomic mass is 10.2. The van der Waals surface area contributed by atoms with Crippen LogP contribution in [0.3, 0.4) is 0 Å². The highest BCUT2D eigenvalue weighted by Gasteiger charge is 1.88. The Kier molecular flexibility index (Phi) is 2.29. The predicted octanol–water partition coefficient (Wildman–Crippen LogP) is 2.05. The van der Waals surface area contributed by atoms with Crippen molar-refractivity contribution in [1.82, 2.24) is 0 Å². The lowest BCUT2D eigenvalue weighted by Crippen LogP contribution is -1.89. The number of rotatable bonds is 1. The topological polar surface area (TPSA) is 0 Å². The third-order valence-electron chi connectivity index (χ3n) is 1.08. The smallest absolute Gasteiger partial charge is 0.123 e. The molecule has 52 valence electrons. The maximum atomic E-state index is 12.3. The number of thiocarbonyl (C=S) groups is 1. The fraction of sp³-hybridized carbons (Fsp3) is 0. The van der Waals surface area contributed by atoms with Gasteiger partial charge in [-0.1, -0.05) is 12.1 Å². The van der Waals surface area contributed by atoms with Crippen molar-refractivity contribution in [3.8, 4) is 0 Å². The van der Waals surface area contributed by atoms with Crippen molar-refractivity contribution in [2.75, 3.05) is 0 Å². The molecular formula is C7H4FS2-. The first-order valence-electron chi connectivity index (χ1n) is 2.67. The molecule has 0 atom stereocenters. The molecule has 0 saturated carbocycles. The summed E-state index contributed by atoms with van der Waals surface area (Å²) in [6.45, 7) is 0. The SMILES string of the molecule is Fc1ccc(C(=S)[S-])cc1. The van der Waals surface area contributed by atoms with Crippen molar-refractivity contribution in [3.05, 3.63) is 35.6 Å². The van der Waals surface area contributed by atoms with E-state index in [1.165, 1.54) is 12.1 Å². The van der Waals surface area contributed by atoms with E-state index in [4.69, 9.17) is 24.8 Å². The molecule has 0 bridgehead atoms. The standard InChI is InChI=1S/C7H5FS2/c8-6-3-1-5(2-4-6)7(9)10/h1-4H,(H,9,10)/p-1. The van der Waals surface area contributed by atoms with Gasteiger partial charge in [0.1, 0.15) is 5.82 Å². The monoisotopic (exact) mass is 171 g/mol. The van der Waals surface area contributed by atoms with Gasteiger partial charge < -0.3 is 24.8 Å². The molecular weight excluding hydrogens is 167 g/mol. The van der Waals surface area contributed by atoms with Gasteiger partial charge in [0, 0.05) is 0 Å². The summed E-state index contributed by atoms with van der Waals surface area (Å²) in [5.74, 6) is -0.269. The lowest BCUT2D eigenvalue weighted by Gasteiger charge is -2.02. The molecule has 0 spiro atoms. The van der Waals surface area contributed by atoms with Crippen LogP contribution in [0.4, 0.5) is 4.39 Å². The summed E-state index contributed by atoms with van der Waals surface area (Å²) in [6.07, 6.45) is 0. The van der Waals surface area contributed by atoms with Crippen LogP contribution >= 0.6 is 12.2 Å². The van der Waals surface area contributed by atoms with E-state index in [1.54, 1.807) is 12.1 Å². The van der Waals surface area contributed by atoms with Crippen molar-refractivity contribution < 1.29 is 4.39 Å². The maximum absolute atomic E-state index is 12.3. The number of halogens is 1. The first kappa shape index (κ1) is 7.57. The molecule has 0 radical (unpaired) electrons. The molecule has 3 heteroatoms. The van der Waals surface area contributed by atoms with Gasteiger partial charge in [-0.2, -0.15) is 0 Å². The number of hydrogen-bond donors (Lipinski definition) is 0. The van der Waals surface area contributed by atoms with E-state index in [2.05, 4.69) is 0 Å². The molecule has 0 N–H and O–H groups in total. The molecule has 0 heterocycles.